The monoisotopic (exact) mass is 434 g/mol. The lowest BCUT2D eigenvalue weighted by Crippen LogP contribution is -2.39. The molecule has 4 rings (SSSR count). The van der Waals surface area contributed by atoms with Crippen molar-refractivity contribution < 1.29 is 4.79 Å². The first kappa shape index (κ1) is 21.8. The second-order valence-corrected chi connectivity index (χ2v) is 9.71. The summed E-state index contributed by atoms with van der Waals surface area (Å²) < 4.78 is 0. The third-order valence-electron chi connectivity index (χ3n) is 5.79. The molecule has 2 aromatic carbocycles. The van der Waals surface area contributed by atoms with Gasteiger partial charge in [0.25, 0.3) is 0 Å². The molecule has 0 bridgehead atoms. The van der Waals surface area contributed by atoms with E-state index in [1.807, 2.05) is 26.0 Å². The van der Waals surface area contributed by atoms with E-state index in [-0.39, 0.29) is 11.6 Å². The first-order chi connectivity index (χ1) is 14.8. The van der Waals surface area contributed by atoms with Gasteiger partial charge in [0.2, 0.25) is 5.91 Å². The van der Waals surface area contributed by atoms with Gasteiger partial charge in [-0.3, -0.25) is 9.79 Å². The molecular formula is C25H30N4OS. The zero-order chi connectivity index (χ0) is 22.0. The van der Waals surface area contributed by atoms with Crippen LogP contribution in [0.1, 0.15) is 35.1 Å². The largest absolute Gasteiger partial charge is 0.325 e. The Hall–Kier alpha value is -2.44. The van der Waals surface area contributed by atoms with Crippen LogP contribution >= 0.6 is 11.8 Å². The quantitative estimate of drug-likeness (QED) is 0.765. The van der Waals surface area contributed by atoms with Gasteiger partial charge in [0, 0.05) is 37.2 Å². The van der Waals surface area contributed by atoms with E-state index in [0.717, 1.165) is 59.1 Å². The van der Waals surface area contributed by atoms with E-state index in [9.17, 15) is 4.79 Å². The maximum atomic E-state index is 12.7. The number of carbonyl (C=O) groups is 1. The van der Waals surface area contributed by atoms with Crippen LogP contribution in [0.5, 0.6) is 0 Å². The molecule has 2 aliphatic rings. The van der Waals surface area contributed by atoms with Gasteiger partial charge in [-0.15, -0.1) is 0 Å². The van der Waals surface area contributed by atoms with E-state index < -0.39 is 0 Å². The lowest BCUT2D eigenvalue weighted by atomic mass is 9.99. The fourth-order valence-corrected chi connectivity index (χ4v) is 4.98. The minimum atomic E-state index is -0.376. The molecular weight excluding hydrogens is 404 g/mol. The summed E-state index contributed by atoms with van der Waals surface area (Å²) in [6, 6.07) is 14.5. The maximum Gasteiger partial charge on any atom is 0.234 e. The molecule has 162 valence electrons. The maximum absolute atomic E-state index is 12.7. The van der Waals surface area contributed by atoms with Crippen LogP contribution in [0.15, 0.2) is 52.4 Å². The first-order valence-corrected chi connectivity index (χ1v) is 11.8. The Morgan fingerprint density at radius 3 is 2.29 bits per heavy atom. The molecule has 2 aliphatic heterocycles. The smallest absolute Gasteiger partial charge is 0.234 e. The van der Waals surface area contributed by atoms with Crippen molar-refractivity contribution in [1.82, 2.24) is 4.90 Å². The Morgan fingerprint density at radius 2 is 1.65 bits per heavy atom. The summed E-state index contributed by atoms with van der Waals surface area (Å²) in [6.45, 7) is 8.13. The number of aliphatic imine (C=N–C) groups is 2. The Morgan fingerprint density at radius 1 is 1.00 bits per heavy atom. The molecule has 6 heteroatoms. The highest BCUT2D eigenvalue weighted by Crippen LogP contribution is 2.35. The van der Waals surface area contributed by atoms with Crippen LogP contribution in [0.4, 0.5) is 5.69 Å². The standard InChI is InChI=1S/C25H30N4OS/c1-17-5-7-20(8-6-17)23-24(28-25(27-23)9-11-29(4)12-10-25)31-16-22(30)26-21-14-18(2)13-19(3)15-21/h5-8,13-15H,9-12,16H2,1-4H3,(H,26,30). The fraction of sp³-hybridized carbons (Fsp3) is 0.400. The summed E-state index contributed by atoms with van der Waals surface area (Å²) in [5.41, 5.74) is 5.96. The van der Waals surface area contributed by atoms with Crippen molar-refractivity contribution in [3.63, 3.8) is 0 Å². The third kappa shape index (κ3) is 5.25. The van der Waals surface area contributed by atoms with Crippen molar-refractivity contribution in [2.75, 3.05) is 31.2 Å². The lowest BCUT2D eigenvalue weighted by Gasteiger charge is -2.33. The van der Waals surface area contributed by atoms with Gasteiger partial charge >= 0.3 is 0 Å². The van der Waals surface area contributed by atoms with Crippen LogP contribution in [0.2, 0.25) is 0 Å². The molecule has 1 amide bonds. The zero-order valence-corrected chi connectivity index (χ0v) is 19.6. The normalized spacial score (nSPS) is 18.1. The summed E-state index contributed by atoms with van der Waals surface area (Å²) in [4.78, 5) is 25.2. The minimum absolute atomic E-state index is 0.0229. The number of likely N-dealkylation sites (tertiary alicyclic amines) is 1. The summed E-state index contributed by atoms with van der Waals surface area (Å²) >= 11 is 1.49. The number of anilines is 1. The van der Waals surface area contributed by atoms with Gasteiger partial charge in [-0.1, -0.05) is 47.7 Å². The van der Waals surface area contributed by atoms with Crippen molar-refractivity contribution in [3.8, 4) is 0 Å². The number of thioether (sulfide) groups is 1. The molecule has 2 aromatic rings. The highest BCUT2D eigenvalue weighted by Gasteiger charge is 2.39. The Bertz CT molecular complexity index is 1010. The molecule has 0 saturated carbocycles. The predicted molar refractivity (Wildman–Crippen MR) is 132 cm³/mol. The molecule has 0 aliphatic carbocycles. The highest BCUT2D eigenvalue weighted by atomic mass is 32.2. The Kier molecular flexibility index (Phi) is 6.30. The van der Waals surface area contributed by atoms with E-state index in [4.69, 9.17) is 9.98 Å². The van der Waals surface area contributed by atoms with Crippen LogP contribution < -0.4 is 5.32 Å². The van der Waals surface area contributed by atoms with Crippen molar-refractivity contribution in [3.05, 3.63) is 64.7 Å². The van der Waals surface area contributed by atoms with Gasteiger partial charge < -0.3 is 10.2 Å². The summed E-state index contributed by atoms with van der Waals surface area (Å²) in [6.07, 6.45) is 1.83. The molecule has 5 nitrogen and oxygen atoms in total. The summed E-state index contributed by atoms with van der Waals surface area (Å²) in [5.74, 6) is 0.289. The number of hydrogen-bond donors (Lipinski definition) is 1. The van der Waals surface area contributed by atoms with Crippen molar-refractivity contribution in [2.45, 2.75) is 39.3 Å². The molecule has 31 heavy (non-hydrogen) atoms. The topological polar surface area (TPSA) is 57.1 Å². The van der Waals surface area contributed by atoms with Crippen molar-refractivity contribution in [2.24, 2.45) is 9.98 Å². The number of aryl methyl sites for hydroxylation is 3. The SMILES string of the molecule is Cc1ccc(C2=NC3(CCN(C)CC3)N=C2SCC(=O)Nc2cc(C)cc(C)c2)cc1. The van der Waals surface area contributed by atoms with Gasteiger partial charge in [-0.25, -0.2) is 4.99 Å². The highest BCUT2D eigenvalue weighted by molar-refractivity contribution is 8.16. The predicted octanol–water partition coefficient (Wildman–Crippen LogP) is 4.61. The van der Waals surface area contributed by atoms with E-state index in [1.165, 1.54) is 17.3 Å². The Balaban J connectivity index is 1.51. The van der Waals surface area contributed by atoms with E-state index in [1.54, 1.807) is 0 Å². The fourth-order valence-electron chi connectivity index (χ4n) is 4.10. The number of hydrogen-bond acceptors (Lipinski definition) is 5. The van der Waals surface area contributed by atoms with Crippen LogP contribution in [0, 0.1) is 20.8 Å². The number of amides is 1. The molecule has 1 saturated heterocycles. The zero-order valence-electron chi connectivity index (χ0n) is 18.7. The average Bonchev–Trinajstić information content (AvgIpc) is 3.07. The number of benzene rings is 2. The van der Waals surface area contributed by atoms with Crippen molar-refractivity contribution in [1.29, 1.82) is 0 Å². The second-order valence-electron chi connectivity index (χ2n) is 8.74. The molecule has 0 unspecified atom stereocenters. The van der Waals surface area contributed by atoms with Gasteiger partial charge in [0.05, 0.1) is 11.5 Å². The van der Waals surface area contributed by atoms with Gasteiger partial charge in [-0.2, -0.15) is 0 Å². The van der Waals surface area contributed by atoms with Crippen LogP contribution in [0.25, 0.3) is 0 Å². The molecule has 0 radical (unpaired) electrons. The van der Waals surface area contributed by atoms with E-state index in [0.29, 0.717) is 5.75 Å². The molecule has 0 atom stereocenters. The third-order valence-corrected chi connectivity index (χ3v) is 6.75. The van der Waals surface area contributed by atoms with E-state index >= 15 is 0 Å². The Labute approximate surface area is 189 Å². The first-order valence-electron chi connectivity index (χ1n) is 10.8. The van der Waals surface area contributed by atoms with Crippen LogP contribution in [-0.4, -0.2) is 53.1 Å². The molecule has 0 aromatic heterocycles. The molecule has 1 fully saturated rings. The van der Waals surface area contributed by atoms with Gasteiger partial charge in [0.1, 0.15) is 5.04 Å². The van der Waals surface area contributed by atoms with Crippen molar-refractivity contribution >= 4 is 34.1 Å². The number of nitrogens with zero attached hydrogens (tertiary/aromatic N) is 3. The average molecular weight is 435 g/mol. The number of rotatable bonds is 4. The van der Waals surface area contributed by atoms with Gasteiger partial charge in [-0.05, 0) is 51.1 Å². The minimum Gasteiger partial charge on any atom is -0.325 e. The van der Waals surface area contributed by atoms with Crippen LogP contribution in [-0.2, 0) is 4.79 Å². The number of nitrogens with one attached hydrogen (secondary N) is 1. The lowest BCUT2D eigenvalue weighted by molar-refractivity contribution is -0.113. The second kappa shape index (κ2) is 8.97. The summed E-state index contributed by atoms with van der Waals surface area (Å²) in [5, 5.41) is 3.90. The number of piperidine rings is 1. The summed E-state index contributed by atoms with van der Waals surface area (Å²) in [7, 11) is 2.14. The molecule has 2 heterocycles. The molecule has 1 spiro atoms. The molecule has 1 N–H and O–H groups in total. The van der Waals surface area contributed by atoms with E-state index in [2.05, 4.69) is 54.5 Å². The number of carbonyl (C=O) groups excluding carboxylic acids is 1. The van der Waals surface area contributed by atoms with Crippen LogP contribution in [0.3, 0.4) is 0 Å². The van der Waals surface area contributed by atoms with Gasteiger partial charge in [0.15, 0.2) is 5.66 Å².